The molecule has 1 aromatic heterocycles. The fraction of sp³-hybridized carbons (Fsp3) is 0.636. The maximum absolute atomic E-state index is 11.5. The Morgan fingerprint density at radius 3 is 2.82 bits per heavy atom. The number of hydrogen-bond acceptors (Lipinski definition) is 4. The van der Waals surface area contributed by atoms with E-state index in [1.165, 1.54) is 0 Å². The SMILES string of the molecule is CC(C)(C)OC(=O)NC(CN)Cc1ccn[nH]1. The number of nitrogens with one attached hydrogen (secondary N) is 2. The van der Waals surface area contributed by atoms with E-state index in [1.807, 2.05) is 26.8 Å². The van der Waals surface area contributed by atoms with E-state index < -0.39 is 11.7 Å². The van der Waals surface area contributed by atoms with Gasteiger partial charge in [0.2, 0.25) is 0 Å². The van der Waals surface area contributed by atoms with Crippen molar-refractivity contribution in [3.05, 3.63) is 18.0 Å². The average Bonchev–Trinajstić information content (AvgIpc) is 2.66. The van der Waals surface area contributed by atoms with Crippen molar-refractivity contribution < 1.29 is 9.53 Å². The predicted molar refractivity (Wildman–Crippen MR) is 64.5 cm³/mol. The first kappa shape index (κ1) is 13.5. The normalized spacial score (nSPS) is 13.2. The zero-order chi connectivity index (χ0) is 12.9. The number of rotatable bonds is 4. The van der Waals surface area contributed by atoms with Gasteiger partial charge in [-0.05, 0) is 26.8 Å². The van der Waals surface area contributed by atoms with Gasteiger partial charge in [0.25, 0.3) is 0 Å². The minimum Gasteiger partial charge on any atom is -0.444 e. The van der Waals surface area contributed by atoms with Gasteiger partial charge in [-0.15, -0.1) is 0 Å². The van der Waals surface area contributed by atoms with E-state index in [1.54, 1.807) is 6.20 Å². The van der Waals surface area contributed by atoms with E-state index in [9.17, 15) is 4.79 Å². The Kier molecular flexibility index (Phi) is 4.51. The van der Waals surface area contributed by atoms with E-state index in [2.05, 4.69) is 15.5 Å². The van der Waals surface area contributed by atoms with Crippen molar-refractivity contribution >= 4 is 6.09 Å². The van der Waals surface area contributed by atoms with Crippen LogP contribution in [0.15, 0.2) is 12.3 Å². The van der Waals surface area contributed by atoms with Crippen LogP contribution in [-0.4, -0.2) is 34.5 Å². The van der Waals surface area contributed by atoms with Gasteiger partial charge >= 0.3 is 6.09 Å². The molecule has 1 amide bonds. The molecule has 0 bridgehead atoms. The molecule has 1 atom stereocenters. The zero-order valence-electron chi connectivity index (χ0n) is 10.5. The smallest absolute Gasteiger partial charge is 0.407 e. The first-order chi connectivity index (χ1) is 7.90. The summed E-state index contributed by atoms with van der Waals surface area (Å²) in [5, 5.41) is 9.39. The van der Waals surface area contributed by atoms with Crippen LogP contribution in [0.25, 0.3) is 0 Å². The van der Waals surface area contributed by atoms with Gasteiger partial charge in [-0.3, -0.25) is 5.10 Å². The van der Waals surface area contributed by atoms with Crippen molar-refractivity contribution in [1.82, 2.24) is 15.5 Å². The molecule has 0 saturated carbocycles. The van der Waals surface area contributed by atoms with Crippen LogP contribution in [0.2, 0.25) is 0 Å². The Balaban J connectivity index is 2.44. The first-order valence-electron chi connectivity index (χ1n) is 5.58. The third-order valence-electron chi connectivity index (χ3n) is 2.03. The molecule has 0 saturated heterocycles. The number of nitrogens with two attached hydrogens (primary N) is 1. The summed E-state index contributed by atoms with van der Waals surface area (Å²) in [6, 6.07) is 1.68. The number of H-pyrrole nitrogens is 1. The Hall–Kier alpha value is -1.56. The molecular formula is C11H20N4O2. The van der Waals surface area contributed by atoms with Crippen molar-refractivity contribution in [3.8, 4) is 0 Å². The Labute approximate surface area is 101 Å². The van der Waals surface area contributed by atoms with Crippen LogP contribution < -0.4 is 11.1 Å². The van der Waals surface area contributed by atoms with Gasteiger partial charge in [0.1, 0.15) is 5.60 Å². The summed E-state index contributed by atoms with van der Waals surface area (Å²) in [7, 11) is 0. The molecule has 1 rings (SSSR count). The number of carbonyl (C=O) groups excluding carboxylic acids is 1. The topological polar surface area (TPSA) is 93.0 Å². The highest BCUT2D eigenvalue weighted by molar-refractivity contribution is 5.68. The first-order valence-corrected chi connectivity index (χ1v) is 5.58. The summed E-state index contributed by atoms with van der Waals surface area (Å²) in [6.07, 6.45) is 1.82. The van der Waals surface area contributed by atoms with Crippen LogP contribution in [-0.2, 0) is 11.2 Å². The summed E-state index contributed by atoms with van der Waals surface area (Å²) < 4.78 is 5.16. The standard InChI is InChI=1S/C11H20N4O2/c1-11(2,3)17-10(16)14-9(7-12)6-8-4-5-13-15-8/h4-5,9H,6-7,12H2,1-3H3,(H,13,15)(H,14,16). The molecule has 0 radical (unpaired) electrons. The molecule has 0 aliphatic carbocycles. The van der Waals surface area contributed by atoms with Crippen LogP contribution >= 0.6 is 0 Å². The van der Waals surface area contributed by atoms with Gasteiger partial charge in [0, 0.05) is 30.9 Å². The number of alkyl carbamates (subject to hydrolysis) is 1. The third kappa shape index (κ3) is 5.35. The third-order valence-corrected chi connectivity index (χ3v) is 2.03. The maximum Gasteiger partial charge on any atom is 0.407 e. The molecule has 96 valence electrons. The second-order valence-electron chi connectivity index (χ2n) is 4.86. The summed E-state index contributed by atoms with van der Waals surface area (Å²) in [4.78, 5) is 11.5. The fourth-order valence-corrected chi connectivity index (χ4v) is 1.33. The summed E-state index contributed by atoms with van der Waals surface area (Å²) in [5.41, 5.74) is 6.02. The number of aromatic nitrogens is 2. The van der Waals surface area contributed by atoms with Crippen molar-refractivity contribution in [1.29, 1.82) is 0 Å². The van der Waals surface area contributed by atoms with Crippen molar-refractivity contribution in [2.24, 2.45) is 5.73 Å². The molecule has 6 nitrogen and oxygen atoms in total. The Morgan fingerprint density at radius 1 is 1.65 bits per heavy atom. The highest BCUT2D eigenvalue weighted by atomic mass is 16.6. The van der Waals surface area contributed by atoms with Gasteiger partial charge in [-0.25, -0.2) is 4.79 Å². The van der Waals surface area contributed by atoms with Crippen molar-refractivity contribution in [2.45, 2.75) is 38.8 Å². The van der Waals surface area contributed by atoms with E-state index in [4.69, 9.17) is 10.5 Å². The summed E-state index contributed by atoms with van der Waals surface area (Å²) in [6.45, 7) is 5.80. The lowest BCUT2D eigenvalue weighted by Gasteiger charge is -2.22. The highest BCUT2D eigenvalue weighted by Gasteiger charge is 2.19. The van der Waals surface area contributed by atoms with Gasteiger partial charge in [0.05, 0.1) is 0 Å². The van der Waals surface area contributed by atoms with Crippen LogP contribution in [0.1, 0.15) is 26.5 Å². The minimum absolute atomic E-state index is 0.162. The summed E-state index contributed by atoms with van der Waals surface area (Å²) >= 11 is 0. The monoisotopic (exact) mass is 240 g/mol. The summed E-state index contributed by atoms with van der Waals surface area (Å²) in [5.74, 6) is 0. The minimum atomic E-state index is -0.503. The predicted octanol–water partition coefficient (Wildman–Crippen LogP) is 0.804. The van der Waals surface area contributed by atoms with Gasteiger partial charge in [-0.2, -0.15) is 5.10 Å². The van der Waals surface area contributed by atoms with Gasteiger partial charge in [-0.1, -0.05) is 0 Å². The van der Waals surface area contributed by atoms with Crippen molar-refractivity contribution in [2.75, 3.05) is 6.54 Å². The second-order valence-corrected chi connectivity index (χ2v) is 4.86. The molecule has 0 spiro atoms. The number of hydrogen-bond donors (Lipinski definition) is 3. The fourth-order valence-electron chi connectivity index (χ4n) is 1.33. The zero-order valence-corrected chi connectivity index (χ0v) is 10.5. The Bertz CT molecular complexity index is 343. The molecule has 0 aromatic carbocycles. The highest BCUT2D eigenvalue weighted by Crippen LogP contribution is 2.07. The number of amides is 1. The van der Waals surface area contributed by atoms with E-state index >= 15 is 0 Å². The number of aromatic amines is 1. The second kappa shape index (κ2) is 5.67. The lowest BCUT2D eigenvalue weighted by Crippen LogP contribution is -2.44. The Morgan fingerprint density at radius 2 is 2.35 bits per heavy atom. The van der Waals surface area contributed by atoms with Gasteiger partial charge in [0.15, 0.2) is 0 Å². The molecule has 17 heavy (non-hydrogen) atoms. The van der Waals surface area contributed by atoms with Gasteiger partial charge < -0.3 is 15.8 Å². The quantitative estimate of drug-likeness (QED) is 0.726. The lowest BCUT2D eigenvalue weighted by atomic mass is 10.1. The average molecular weight is 240 g/mol. The maximum atomic E-state index is 11.5. The van der Waals surface area contributed by atoms with Crippen LogP contribution in [0, 0.1) is 0 Å². The van der Waals surface area contributed by atoms with Crippen molar-refractivity contribution in [3.63, 3.8) is 0 Å². The van der Waals surface area contributed by atoms with Crippen LogP contribution in [0.4, 0.5) is 4.79 Å². The van der Waals surface area contributed by atoms with E-state index in [0.717, 1.165) is 5.69 Å². The molecule has 1 unspecified atom stereocenters. The van der Waals surface area contributed by atoms with E-state index in [0.29, 0.717) is 13.0 Å². The molecule has 1 aromatic rings. The number of nitrogens with zero attached hydrogens (tertiary/aromatic N) is 1. The molecular weight excluding hydrogens is 220 g/mol. The molecule has 0 aliphatic rings. The molecule has 0 aliphatic heterocycles. The number of ether oxygens (including phenoxy) is 1. The molecule has 4 N–H and O–H groups in total. The molecule has 6 heteroatoms. The van der Waals surface area contributed by atoms with Crippen LogP contribution in [0.5, 0.6) is 0 Å². The van der Waals surface area contributed by atoms with E-state index in [-0.39, 0.29) is 6.04 Å². The molecule has 1 heterocycles. The lowest BCUT2D eigenvalue weighted by molar-refractivity contribution is 0.0505. The number of carbonyl (C=O) groups is 1. The van der Waals surface area contributed by atoms with Crippen LogP contribution in [0.3, 0.4) is 0 Å². The molecule has 0 fully saturated rings. The largest absolute Gasteiger partial charge is 0.444 e.